The molecule has 0 aromatic carbocycles. The van der Waals surface area contributed by atoms with Crippen LogP contribution in [0.4, 0.5) is 5.82 Å². The van der Waals surface area contributed by atoms with Crippen molar-refractivity contribution in [3.8, 4) is 0 Å². The van der Waals surface area contributed by atoms with Crippen molar-refractivity contribution in [1.29, 1.82) is 0 Å². The number of hydrogen-bond acceptors (Lipinski definition) is 6. The number of piperidine rings is 1. The molecule has 2 unspecified atom stereocenters. The third-order valence-electron chi connectivity index (χ3n) is 6.08. The number of anilines is 1. The Balaban J connectivity index is 0.00000150. The van der Waals surface area contributed by atoms with Crippen LogP contribution in [-0.4, -0.2) is 69.8 Å². The fraction of sp³-hybridized carbons (Fsp3) is 0.684. The SMILES string of the molecule is CC(CC(=O)N1CCN(c2ncnc3c2cnn3C)CC1)C1CCCNC1.Cl.Cl. The highest BCUT2D eigenvalue weighted by Gasteiger charge is 2.27. The number of piperazine rings is 1. The van der Waals surface area contributed by atoms with Crippen LogP contribution in [0.15, 0.2) is 12.5 Å². The van der Waals surface area contributed by atoms with Crippen LogP contribution in [0.2, 0.25) is 0 Å². The van der Waals surface area contributed by atoms with E-state index < -0.39 is 0 Å². The fourth-order valence-electron chi connectivity index (χ4n) is 4.31. The quantitative estimate of drug-likeness (QED) is 0.776. The van der Waals surface area contributed by atoms with E-state index in [9.17, 15) is 4.79 Å². The molecule has 2 atom stereocenters. The van der Waals surface area contributed by atoms with Gasteiger partial charge in [0, 0.05) is 39.6 Å². The molecule has 0 radical (unpaired) electrons. The van der Waals surface area contributed by atoms with Crippen LogP contribution in [-0.2, 0) is 11.8 Å². The van der Waals surface area contributed by atoms with Crippen molar-refractivity contribution in [2.24, 2.45) is 18.9 Å². The Bertz CT molecular complexity index is 801. The highest BCUT2D eigenvalue weighted by Crippen LogP contribution is 2.25. The molecule has 2 aliphatic heterocycles. The molecule has 29 heavy (non-hydrogen) atoms. The summed E-state index contributed by atoms with van der Waals surface area (Å²) in [5, 5.41) is 8.72. The summed E-state index contributed by atoms with van der Waals surface area (Å²) in [6.07, 6.45) is 6.54. The lowest BCUT2D eigenvalue weighted by Gasteiger charge is -2.36. The zero-order valence-electron chi connectivity index (χ0n) is 17.1. The van der Waals surface area contributed by atoms with E-state index in [1.165, 1.54) is 12.8 Å². The maximum Gasteiger partial charge on any atom is 0.222 e. The molecule has 0 spiro atoms. The first-order chi connectivity index (χ1) is 13.1. The Kier molecular flexibility index (Phi) is 8.48. The molecule has 8 nitrogen and oxygen atoms in total. The van der Waals surface area contributed by atoms with Gasteiger partial charge in [0.1, 0.15) is 12.1 Å². The molecular weight excluding hydrogens is 413 g/mol. The monoisotopic (exact) mass is 443 g/mol. The summed E-state index contributed by atoms with van der Waals surface area (Å²) in [6, 6.07) is 0. The van der Waals surface area contributed by atoms with Crippen LogP contribution < -0.4 is 10.2 Å². The summed E-state index contributed by atoms with van der Waals surface area (Å²) in [6.45, 7) is 7.49. The largest absolute Gasteiger partial charge is 0.352 e. The number of nitrogens with one attached hydrogen (secondary N) is 1. The van der Waals surface area contributed by atoms with E-state index in [-0.39, 0.29) is 24.8 Å². The van der Waals surface area contributed by atoms with Crippen molar-refractivity contribution >= 4 is 47.6 Å². The Morgan fingerprint density at radius 3 is 2.69 bits per heavy atom. The third kappa shape index (κ3) is 5.10. The van der Waals surface area contributed by atoms with Crippen molar-refractivity contribution in [3.05, 3.63) is 12.5 Å². The molecule has 1 N–H and O–H groups in total. The molecule has 0 aliphatic carbocycles. The topological polar surface area (TPSA) is 79.2 Å². The third-order valence-corrected chi connectivity index (χ3v) is 6.08. The zero-order chi connectivity index (χ0) is 18.8. The van der Waals surface area contributed by atoms with Gasteiger partial charge in [0.2, 0.25) is 5.91 Å². The average Bonchev–Trinajstić information content (AvgIpc) is 3.10. The highest BCUT2D eigenvalue weighted by molar-refractivity contribution is 5.87. The van der Waals surface area contributed by atoms with E-state index in [0.717, 1.165) is 56.1 Å². The molecule has 162 valence electrons. The smallest absolute Gasteiger partial charge is 0.222 e. The first kappa shape index (κ1) is 23.6. The van der Waals surface area contributed by atoms with Gasteiger partial charge in [0.25, 0.3) is 0 Å². The molecule has 4 rings (SSSR count). The van der Waals surface area contributed by atoms with Crippen molar-refractivity contribution < 1.29 is 4.79 Å². The first-order valence-corrected chi connectivity index (χ1v) is 9.99. The zero-order valence-corrected chi connectivity index (χ0v) is 18.7. The van der Waals surface area contributed by atoms with E-state index in [0.29, 0.717) is 24.2 Å². The molecule has 2 saturated heterocycles. The number of nitrogens with zero attached hydrogens (tertiary/aromatic N) is 6. The van der Waals surface area contributed by atoms with Crippen molar-refractivity contribution in [2.45, 2.75) is 26.2 Å². The minimum absolute atomic E-state index is 0. The summed E-state index contributed by atoms with van der Waals surface area (Å²) in [5.74, 6) is 2.29. The van der Waals surface area contributed by atoms with E-state index in [1.807, 2.05) is 18.1 Å². The Labute approximate surface area is 184 Å². The van der Waals surface area contributed by atoms with Crippen molar-refractivity contribution in [1.82, 2.24) is 30.0 Å². The number of fused-ring (bicyclic) bond motifs is 1. The van der Waals surface area contributed by atoms with Gasteiger partial charge >= 0.3 is 0 Å². The van der Waals surface area contributed by atoms with Gasteiger partial charge in [0.15, 0.2) is 5.65 Å². The van der Waals surface area contributed by atoms with E-state index in [4.69, 9.17) is 0 Å². The van der Waals surface area contributed by atoms with Crippen LogP contribution in [0.3, 0.4) is 0 Å². The number of rotatable bonds is 4. The summed E-state index contributed by atoms with van der Waals surface area (Å²) in [7, 11) is 1.89. The number of halogens is 2. The van der Waals surface area contributed by atoms with Gasteiger partial charge in [-0.15, -0.1) is 24.8 Å². The minimum atomic E-state index is 0. The van der Waals surface area contributed by atoms with E-state index in [2.05, 4.69) is 32.2 Å². The Morgan fingerprint density at radius 2 is 2.00 bits per heavy atom. The normalized spacial score (nSPS) is 20.7. The van der Waals surface area contributed by atoms with Gasteiger partial charge in [0.05, 0.1) is 11.6 Å². The number of carbonyl (C=O) groups is 1. The van der Waals surface area contributed by atoms with Crippen LogP contribution in [0, 0.1) is 11.8 Å². The van der Waals surface area contributed by atoms with Gasteiger partial charge < -0.3 is 15.1 Å². The van der Waals surface area contributed by atoms with Crippen molar-refractivity contribution in [2.75, 3.05) is 44.2 Å². The summed E-state index contributed by atoms with van der Waals surface area (Å²) >= 11 is 0. The molecular formula is C19H31Cl2N7O. The molecule has 0 saturated carbocycles. The second-order valence-corrected chi connectivity index (χ2v) is 7.86. The number of hydrogen-bond donors (Lipinski definition) is 1. The summed E-state index contributed by atoms with van der Waals surface area (Å²) < 4.78 is 1.77. The predicted molar refractivity (Wildman–Crippen MR) is 119 cm³/mol. The highest BCUT2D eigenvalue weighted by atomic mass is 35.5. The molecule has 2 aromatic rings. The Morgan fingerprint density at radius 1 is 1.24 bits per heavy atom. The molecule has 2 aromatic heterocycles. The van der Waals surface area contributed by atoms with E-state index in [1.54, 1.807) is 11.0 Å². The minimum Gasteiger partial charge on any atom is -0.352 e. The number of aryl methyl sites for hydroxylation is 1. The molecule has 1 amide bonds. The van der Waals surface area contributed by atoms with Crippen LogP contribution in [0.1, 0.15) is 26.2 Å². The lowest BCUT2D eigenvalue weighted by molar-refractivity contribution is -0.132. The second kappa shape index (κ2) is 10.4. The van der Waals surface area contributed by atoms with Gasteiger partial charge in [-0.3, -0.25) is 9.48 Å². The van der Waals surface area contributed by atoms with Crippen LogP contribution in [0.5, 0.6) is 0 Å². The molecule has 2 aliphatic rings. The number of amides is 1. The van der Waals surface area contributed by atoms with E-state index >= 15 is 0 Å². The van der Waals surface area contributed by atoms with Gasteiger partial charge in [-0.2, -0.15) is 5.10 Å². The summed E-state index contributed by atoms with van der Waals surface area (Å²) in [4.78, 5) is 25.8. The Hall–Kier alpha value is -1.64. The molecule has 0 bridgehead atoms. The summed E-state index contributed by atoms with van der Waals surface area (Å²) in [5.41, 5.74) is 0.841. The van der Waals surface area contributed by atoms with Crippen molar-refractivity contribution in [3.63, 3.8) is 0 Å². The fourth-order valence-corrected chi connectivity index (χ4v) is 4.31. The predicted octanol–water partition coefficient (Wildman–Crippen LogP) is 1.88. The number of carbonyl (C=O) groups excluding carboxylic acids is 1. The first-order valence-electron chi connectivity index (χ1n) is 9.99. The molecule has 2 fully saturated rings. The van der Waals surface area contributed by atoms with Gasteiger partial charge in [-0.05, 0) is 37.8 Å². The lowest BCUT2D eigenvalue weighted by Crippen LogP contribution is -2.49. The maximum absolute atomic E-state index is 12.8. The van der Waals surface area contributed by atoms with Gasteiger partial charge in [-0.25, -0.2) is 9.97 Å². The standard InChI is InChI=1S/C19H29N7O.2ClH/c1-14(15-4-3-5-20-11-15)10-17(27)25-6-8-26(9-7-25)19-16-12-23-24(2)18(16)21-13-22-19;;/h12-15,20H,3-11H2,1-2H3;2*1H. The average molecular weight is 444 g/mol. The lowest BCUT2D eigenvalue weighted by atomic mass is 9.85. The maximum atomic E-state index is 12.8. The van der Waals surface area contributed by atoms with Crippen LogP contribution in [0.25, 0.3) is 11.0 Å². The molecule has 4 heterocycles. The molecule has 10 heteroatoms. The van der Waals surface area contributed by atoms with Gasteiger partial charge in [-0.1, -0.05) is 6.92 Å². The van der Waals surface area contributed by atoms with Crippen LogP contribution >= 0.6 is 24.8 Å². The second-order valence-electron chi connectivity index (χ2n) is 7.86. The number of aromatic nitrogens is 4.